The van der Waals surface area contributed by atoms with E-state index in [4.69, 9.17) is 4.42 Å². The molecular weight excluding hydrogens is 417 g/mol. The van der Waals surface area contributed by atoms with Gasteiger partial charge in [-0.05, 0) is 48.6 Å². The molecule has 4 rings (SSSR count). The summed E-state index contributed by atoms with van der Waals surface area (Å²) in [5, 5.41) is 0. The zero-order chi connectivity index (χ0) is 22.7. The first-order valence-electron chi connectivity index (χ1n) is 11.2. The summed E-state index contributed by atoms with van der Waals surface area (Å²) in [4.78, 5) is 19.1. The van der Waals surface area contributed by atoms with E-state index in [2.05, 4.69) is 11.9 Å². The Kier molecular flexibility index (Phi) is 6.53. The van der Waals surface area contributed by atoms with E-state index in [9.17, 15) is 18.0 Å². The van der Waals surface area contributed by atoms with Crippen LogP contribution in [0, 0.1) is 0 Å². The van der Waals surface area contributed by atoms with Gasteiger partial charge in [-0.3, -0.25) is 4.79 Å². The van der Waals surface area contributed by atoms with Crippen LogP contribution in [0.4, 0.5) is 13.2 Å². The maximum absolute atomic E-state index is 13.4. The number of halogens is 3. The van der Waals surface area contributed by atoms with E-state index < -0.39 is 11.7 Å². The second-order valence-corrected chi connectivity index (χ2v) is 8.33. The minimum absolute atomic E-state index is 0.108. The van der Waals surface area contributed by atoms with Gasteiger partial charge in [-0.1, -0.05) is 50.5 Å². The number of hydrogen-bond acceptors (Lipinski definition) is 3. The van der Waals surface area contributed by atoms with Gasteiger partial charge in [0.25, 0.3) is 0 Å². The molecule has 2 heterocycles. The average Bonchev–Trinajstić information content (AvgIpc) is 3.42. The molecule has 4 nitrogen and oxygen atoms in total. The molecule has 0 spiro atoms. The number of unbranched alkanes of at least 4 members (excludes halogenated alkanes) is 3. The molecule has 0 radical (unpaired) electrons. The summed E-state index contributed by atoms with van der Waals surface area (Å²) in [6.45, 7) is 2.82. The van der Waals surface area contributed by atoms with Crippen LogP contribution in [-0.4, -0.2) is 22.3 Å². The zero-order valence-corrected chi connectivity index (χ0v) is 18.1. The lowest BCUT2D eigenvalue weighted by Gasteiger charge is -2.22. The predicted molar refractivity (Wildman–Crippen MR) is 117 cm³/mol. The Morgan fingerprint density at radius 3 is 2.75 bits per heavy atom. The van der Waals surface area contributed by atoms with Crippen LogP contribution in [0.15, 0.2) is 46.9 Å². The van der Waals surface area contributed by atoms with Crippen LogP contribution in [0.2, 0.25) is 0 Å². The number of aromatic nitrogens is 1. The highest BCUT2D eigenvalue weighted by Crippen LogP contribution is 2.39. The van der Waals surface area contributed by atoms with E-state index >= 15 is 0 Å². The molecule has 0 unspecified atom stereocenters. The molecule has 170 valence electrons. The molecule has 0 bridgehead atoms. The van der Waals surface area contributed by atoms with Crippen LogP contribution in [0.1, 0.15) is 69.4 Å². The van der Waals surface area contributed by atoms with Crippen LogP contribution in [0.3, 0.4) is 0 Å². The Labute approximate surface area is 185 Å². The SMILES string of the molecule is CCCCCCC(=O)N1CCC[C@H]1c1nc2cc(-c3ccccc3C(F)(F)F)ccc2o1. The Morgan fingerprint density at radius 2 is 1.97 bits per heavy atom. The largest absolute Gasteiger partial charge is 0.438 e. The number of amides is 1. The van der Waals surface area contributed by atoms with Crippen LogP contribution in [0.25, 0.3) is 22.2 Å². The smallest absolute Gasteiger partial charge is 0.417 e. The van der Waals surface area contributed by atoms with Gasteiger partial charge in [-0.2, -0.15) is 13.2 Å². The fraction of sp³-hybridized carbons (Fsp3) is 0.440. The van der Waals surface area contributed by atoms with E-state index in [1.165, 1.54) is 12.1 Å². The van der Waals surface area contributed by atoms with Crippen molar-refractivity contribution in [1.82, 2.24) is 9.88 Å². The minimum Gasteiger partial charge on any atom is -0.438 e. The van der Waals surface area contributed by atoms with Gasteiger partial charge >= 0.3 is 6.18 Å². The fourth-order valence-electron chi connectivity index (χ4n) is 4.41. The number of carbonyl (C=O) groups excluding carboxylic acids is 1. The highest BCUT2D eigenvalue weighted by molar-refractivity contribution is 5.82. The number of oxazole rings is 1. The standard InChI is InChI=1S/C25H27F3N2O2/c1-2-3-4-5-12-23(31)30-15-8-11-21(30)24-29-20-16-17(13-14-22(20)32-24)18-9-6-7-10-19(18)25(26,27)28/h6-7,9-10,13-14,16,21H,2-5,8,11-12,15H2,1H3/t21-/m0/s1. The van der Waals surface area contributed by atoms with Crippen molar-refractivity contribution in [3.05, 3.63) is 53.9 Å². The molecule has 0 aliphatic carbocycles. The quantitative estimate of drug-likeness (QED) is 0.364. The summed E-state index contributed by atoms with van der Waals surface area (Å²) >= 11 is 0. The van der Waals surface area contributed by atoms with Crippen molar-refractivity contribution in [2.45, 2.75) is 64.1 Å². The molecule has 1 fully saturated rings. The lowest BCUT2D eigenvalue weighted by molar-refractivity contribution is -0.137. The van der Waals surface area contributed by atoms with Gasteiger partial charge in [0.1, 0.15) is 11.6 Å². The number of likely N-dealkylation sites (tertiary alicyclic amines) is 1. The van der Waals surface area contributed by atoms with Gasteiger partial charge in [0.15, 0.2) is 5.58 Å². The number of fused-ring (bicyclic) bond motifs is 1. The average molecular weight is 444 g/mol. The maximum atomic E-state index is 13.4. The van der Waals surface area contributed by atoms with Gasteiger partial charge in [-0.15, -0.1) is 0 Å². The molecule has 3 aromatic rings. The Morgan fingerprint density at radius 1 is 1.16 bits per heavy atom. The number of benzene rings is 2. The van der Waals surface area contributed by atoms with Gasteiger partial charge in [0.2, 0.25) is 11.8 Å². The molecule has 1 aliphatic rings. The van der Waals surface area contributed by atoms with Crippen molar-refractivity contribution in [2.24, 2.45) is 0 Å². The topological polar surface area (TPSA) is 46.3 Å². The minimum atomic E-state index is -4.44. The van der Waals surface area contributed by atoms with Crippen molar-refractivity contribution < 1.29 is 22.4 Å². The first-order chi connectivity index (χ1) is 15.4. The Hall–Kier alpha value is -2.83. The molecule has 1 aliphatic heterocycles. The molecule has 7 heteroatoms. The molecule has 2 aromatic carbocycles. The van der Waals surface area contributed by atoms with Crippen LogP contribution >= 0.6 is 0 Å². The highest BCUT2D eigenvalue weighted by Gasteiger charge is 2.34. The lowest BCUT2D eigenvalue weighted by Crippen LogP contribution is -2.30. The Balaban J connectivity index is 1.58. The first-order valence-corrected chi connectivity index (χ1v) is 11.2. The van der Waals surface area contributed by atoms with E-state index in [1.54, 1.807) is 24.3 Å². The van der Waals surface area contributed by atoms with Crippen molar-refractivity contribution in [2.75, 3.05) is 6.54 Å². The molecule has 1 atom stereocenters. The van der Waals surface area contributed by atoms with E-state index in [-0.39, 0.29) is 17.5 Å². The van der Waals surface area contributed by atoms with Gasteiger partial charge in [0.05, 0.1) is 5.56 Å². The Bertz CT molecular complexity index is 1090. The molecule has 1 aromatic heterocycles. The summed E-state index contributed by atoms with van der Waals surface area (Å²) in [5.74, 6) is 0.575. The van der Waals surface area contributed by atoms with Crippen LogP contribution in [0.5, 0.6) is 0 Å². The predicted octanol–water partition coefficient (Wildman–Crippen LogP) is 7.15. The molecule has 0 N–H and O–H groups in total. The summed E-state index contributed by atoms with van der Waals surface area (Å²) in [6, 6.07) is 10.2. The second-order valence-electron chi connectivity index (χ2n) is 8.33. The monoisotopic (exact) mass is 444 g/mol. The lowest BCUT2D eigenvalue weighted by atomic mass is 9.99. The fourth-order valence-corrected chi connectivity index (χ4v) is 4.41. The molecule has 0 saturated carbocycles. The van der Waals surface area contributed by atoms with E-state index in [1.807, 2.05) is 4.90 Å². The third-order valence-electron chi connectivity index (χ3n) is 6.05. The molecular formula is C25H27F3N2O2. The number of rotatable bonds is 7. The van der Waals surface area contributed by atoms with E-state index in [0.717, 1.165) is 44.6 Å². The normalized spacial score (nSPS) is 16.8. The summed E-state index contributed by atoms with van der Waals surface area (Å²) in [7, 11) is 0. The van der Waals surface area contributed by atoms with Crippen molar-refractivity contribution in [3.63, 3.8) is 0 Å². The third kappa shape index (κ3) is 4.66. The van der Waals surface area contributed by atoms with Crippen LogP contribution in [-0.2, 0) is 11.0 Å². The van der Waals surface area contributed by atoms with Crippen molar-refractivity contribution >= 4 is 17.0 Å². The molecule has 32 heavy (non-hydrogen) atoms. The number of alkyl halides is 3. The summed E-state index contributed by atoms with van der Waals surface area (Å²) < 4.78 is 46.2. The van der Waals surface area contributed by atoms with Crippen molar-refractivity contribution in [3.8, 4) is 11.1 Å². The van der Waals surface area contributed by atoms with Gasteiger partial charge < -0.3 is 9.32 Å². The maximum Gasteiger partial charge on any atom is 0.417 e. The zero-order valence-electron chi connectivity index (χ0n) is 18.1. The van der Waals surface area contributed by atoms with E-state index in [0.29, 0.717) is 35.5 Å². The number of nitrogens with zero attached hydrogens (tertiary/aromatic N) is 2. The number of carbonyl (C=O) groups is 1. The summed E-state index contributed by atoms with van der Waals surface area (Å²) in [5.41, 5.74) is 0.864. The first kappa shape index (κ1) is 22.4. The summed E-state index contributed by atoms with van der Waals surface area (Å²) in [6.07, 6.45) is 1.92. The van der Waals surface area contributed by atoms with Gasteiger partial charge in [0, 0.05) is 13.0 Å². The highest BCUT2D eigenvalue weighted by atomic mass is 19.4. The van der Waals surface area contributed by atoms with Gasteiger partial charge in [-0.25, -0.2) is 4.98 Å². The van der Waals surface area contributed by atoms with Crippen molar-refractivity contribution in [1.29, 1.82) is 0 Å². The second kappa shape index (κ2) is 9.35. The third-order valence-corrected chi connectivity index (χ3v) is 6.05. The molecule has 1 saturated heterocycles. The molecule has 1 amide bonds. The number of hydrogen-bond donors (Lipinski definition) is 0. The van der Waals surface area contributed by atoms with Crippen LogP contribution < -0.4 is 0 Å².